The second-order valence-corrected chi connectivity index (χ2v) is 5.46. The number of H-pyrrole nitrogens is 1. The van der Waals surface area contributed by atoms with Crippen LogP contribution in [-0.4, -0.2) is 20.2 Å². The molecule has 1 aromatic carbocycles. The Morgan fingerprint density at radius 2 is 1.95 bits per heavy atom. The number of aromatic amines is 1. The number of anilines is 1. The Balaban J connectivity index is 1.68. The van der Waals surface area contributed by atoms with Gasteiger partial charge in [-0.25, -0.2) is 9.97 Å². The molecule has 106 valence electrons. The average Bonchev–Trinajstić information content (AvgIpc) is 2.99. The minimum Gasteiger partial charge on any atom is -0.366 e. The molecular weight excluding hydrogens is 330 g/mol. The molecule has 0 aliphatic carbocycles. The van der Waals surface area contributed by atoms with E-state index in [1.807, 2.05) is 19.1 Å². The van der Waals surface area contributed by atoms with Crippen molar-refractivity contribution >= 4 is 21.7 Å². The third kappa shape index (κ3) is 3.46. The molecule has 0 aliphatic heterocycles. The van der Waals surface area contributed by atoms with Crippen molar-refractivity contribution in [1.82, 2.24) is 20.2 Å². The summed E-state index contributed by atoms with van der Waals surface area (Å²) in [5.74, 6) is 1.55. The Hall–Kier alpha value is -2.21. The van der Waals surface area contributed by atoms with Crippen LogP contribution in [0.3, 0.4) is 0 Å². The van der Waals surface area contributed by atoms with Crippen LogP contribution in [0.4, 0.5) is 5.82 Å². The zero-order valence-electron chi connectivity index (χ0n) is 11.5. The first-order chi connectivity index (χ1) is 10.2. The molecule has 3 aromatic rings. The highest BCUT2D eigenvalue weighted by Crippen LogP contribution is 2.17. The Morgan fingerprint density at radius 3 is 2.62 bits per heavy atom. The van der Waals surface area contributed by atoms with Crippen LogP contribution in [-0.2, 0) is 6.54 Å². The lowest BCUT2D eigenvalue weighted by Crippen LogP contribution is -2.03. The molecule has 0 spiro atoms. The molecule has 0 bridgehead atoms. The molecule has 2 heterocycles. The molecular formula is C15H14BrN5. The fourth-order valence-corrected chi connectivity index (χ4v) is 2.51. The van der Waals surface area contributed by atoms with Gasteiger partial charge >= 0.3 is 0 Å². The number of halogens is 1. The van der Waals surface area contributed by atoms with Crippen LogP contribution in [0.1, 0.15) is 11.4 Å². The monoisotopic (exact) mass is 343 g/mol. The Kier molecular flexibility index (Phi) is 3.96. The second-order valence-electron chi connectivity index (χ2n) is 4.64. The maximum absolute atomic E-state index is 4.34. The summed E-state index contributed by atoms with van der Waals surface area (Å²) in [7, 11) is 0. The summed E-state index contributed by atoms with van der Waals surface area (Å²) in [5.41, 5.74) is 3.33. The fourth-order valence-electron chi connectivity index (χ4n) is 2.03. The normalized spacial score (nSPS) is 10.6. The summed E-state index contributed by atoms with van der Waals surface area (Å²) in [6.07, 6.45) is 1.75. The molecule has 0 amide bonds. The molecule has 0 unspecified atom stereocenters. The van der Waals surface area contributed by atoms with Crippen LogP contribution in [0.2, 0.25) is 0 Å². The number of aryl methyl sites for hydroxylation is 1. The van der Waals surface area contributed by atoms with E-state index in [1.165, 1.54) is 5.56 Å². The number of nitrogens with one attached hydrogen (secondary N) is 2. The summed E-state index contributed by atoms with van der Waals surface area (Å²) in [6.45, 7) is 2.58. The van der Waals surface area contributed by atoms with Crippen molar-refractivity contribution in [2.45, 2.75) is 13.5 Å². The van der Waals surface area contributed by atoms with Gasteiger partial charge in [0.15, 0.2) is 0 Å². The highest BCUT2D eigenvalue weighted by molar-refractivity contribution is 9.10. The first-order valence-corrected chi connectivity index (χ1v) is 7.34. The molecule has 2 N–H and O–H groups in total. The third-order valence-electron chi connectivity index (χ3n) is 3.05. The summed E-state index contributed by atoms with van der Waals surface area (Å²) >= 11 is 3.37. The van der Waals surface area contributed by atoms with Gasteiger partial charge in [-0.05, 0) is 40.0 Å². The highest BCUT2D eigenvalue weighted by Gasteiger charge is 2.01. The van der Waals surface area contributed by atoms with Crippen LogP contribution in [0, 0.1) is 6.92 Å². The maximum Gasteiger partial charge on any atom is 0.131 e. The maximum atomic E-state index is 4.34. The number of hydrogen-bond donors (Lipinski definition) is 2. The van der Waals surface area contributed by atoms with Crippen LogP contribution < -0.4 is 5.32 Å². The largest absolute Gasteiger partial charge is 0.366 e. The van der Waals surface area contributed by atoms with E-state index in [2.05, 4.69) is 65.7 Å². The summed E-state index contributed by atoms with van der Waals surface area (Å²) in [4.78, 5) is 8.53. The van der Waals surface area contributed by atoms with Gasteiger partial charge < -0.3 is 5.32 Å². The van der Waals surface area contributed by atoms with E-state index in [-0.39, 0.29) is 0 Å². The summed E-state index contributed by atoms with van der Waals surface area (Å²) < 4.78 is 0.784. The van der Waals surface area contributed by atoms with Crippen molar-refractivity contribution in [3.63, 3.8) is 0 Å². The van der Waals surface area contributed by atoms with Gasteiger partial charge in [-0.2, -0.15) is 5.10 Å². The quantitative estimate of drug-likeness (QED) is 0.711. The molecule has 2 aromatic heterocycles. The smallest absolute Gasteiger partial charge is 0.131 e. The van der Waals surface area contributed by atoms with E-state index in [0.717, 1.165) is 27.5 Å². The number of benzene rings is 1. The Labute approximate surface area is 131 Å². The van der Waals surface area contributed by atoms with Crippen molar-refractivity contribution in [2.24, 2.45) is 0 Å². The number of nitrogens with zero attached hydrogens (tertiary/aromatic N) is 3. The molecule has 0 aliphatic rings. The Bertz CT molecular complexity index is 702. The molecule has 0 saturated heterocycles. The van der Waals surface area contributed by atoms with E-state index in [4.69, 9.17) is 0 Å². The topological polar surface area (TPSA) is 66.5 Å². The Morgan fingerprint density at radius 1 is 1.14 bits per heavy atom. The van der Waals surface area contributed by atoms with Gasteiger partial charge in [-0.15, -0.1) is 0 Å². The van der Waals surface area contributed by atoms with Crippen LogP contribution >= 0.6 is 15.9 Å². The van der Waals surface area contributed by atoms with E-state index in [9.17, 15) is 0 Å². The second kappa shape index (κ2) is 6.05. The fraction of sp³-hybridized carbons (Fsp3) is 0.133. The minimum absolute atomic E-state index is 0.714. The molecule has 21 heavy (non-hydrogen) atoms. The van der Waals surface area contributed by atoms with Crippen LogP contribution in [0.25, 0.3) is 11.3 Å². The number of rotatable bonds is 4. The van der Waals surface area contributed by atoms with Gasteiger partial charge in [-0.3, -0.25) is 5.10 Å². The number of hydrogen-bond acceptors (Lipinski definition) is 4. The van der Waals surface area contributed by atoms with E-state index in [1.54, 1.807) is 6.20 Å². The lowest BCUT2D eigenvalue weighted by molar-refractivity contribution is 1.01. The zero-order chi connectivity index (χ0) is 14.7. The van der Waals surface area contributed by atoms with E-state index >= 15 is 0 Å². The number of aromatic nitrogens is 4. The van der Waals surface area contributed by atoms with E-state index in [0.29, 0.717) is 6.54 Å². The van der Waals surface area contributed by atoms with Gasteiger partial charge in [0.25, 0.3) is 0 Å². The highest BCUT2D eigenvalue weighted by atomic mass is 79.9. The lowest BCUT2D eigenvalue weighted by atomic mass is 10.1. The average molecular weight is 344 g/mol. The van der Waals surface area contributed by atoms with E-state index < -0.39 is 0 Å². The molecule has 6 heteroatoms. The van der Waals surface area contributed by atoms with Crippen molar-refractivity contribution in [1.29, 1.82) is 0 Å². The van der Waals surface area contributed by atoms with Crippen molar-refractivity contribution in [3.05, 3.63) is 58.6 Å². The summed E-state index contributed by atoms with van der Waals surface area (Å²) in [5, 5.41) is 10.2. The van der Waals surface area contributed by atoms with Gasteiger partial charge in [0.05, 0.1) is 5.69 Å². The molecule has 0 saturated carbocycles. The predicted molar refractivity (Wildman–Crippen MR) is 85.8 cm³/mol. The van der Waals surface area contributed by atoms with Crippen molar-refractivity contribution < 1.29 is 0 Å². The summed E-state index contributed by atoms with van der Waals surface area (Å²) in [6, 6.07) is 12.1. The van der Waals surface area contributed by atoms with Gasteiger partial charge in [0.2, 0.25) is 0 Å². The minimum atomic E-state index is 0.714. The van der Waals surface area contributed by atoms with Crippen LogP contribution in [0.5, 0.6) is 0 Å². The molecule has 5 nitrogen and oxygen atoms in total. The predicted octanol–water partition coefficient (Wildman–Crippen LogP) is 3.55. The van der Waals surface area contributed by atoms with Crippen LogP contribution in [0.15, 0.2) is 47.2 Å². The lowest BCUT2D eigenvalue weighted by Gasteiger charge is -2.07. The standard InChI is InChI=1S/C15H14BrN5/c1-10-19-14(16)8-15(20-10)17-9-11-2-4-12(5-3-11)13-6-7-18-21-13/h2-8H,9H2,1H3,(H,18,21)(H,17,19,20). The van der Waals surface area contributed by atoms with Gasteiger partial charge in [0, 0.05) is 18.8 Å². The van der Waals surface area contributed by atoms with Crippen molar-refractivity contribution in [3.8, 4) is 11.3 Å². The van der Waals surface area contributed by atoms with Gasteiger partial charge in [-0.1, -0.05) is 24.3 Å². The first kappa shape index (κ1) is 13.8. The zero-order valence-corrected chi connectivity index (χ0v) is 13.1. The molecule has 0 atom stereocenters. The molecule has 0 fully saturated rings. The third-order valence-corrected chi connectivity index (χ3v) is 3.45. The van der Waals surface area contributed by atoms with Gasteiger partial charge in [0.1, 0.15) is 16.2 Å². The SMILES string of the molecule is Cc1nc(Br)cc(NCc2ccc(-c3ccn[nH]3)cc2)n1. The molecule has 3 rings (SSSR count). The molecule has 0 radical (unpaired) electrons. The first-order valence-electron chi connectivity index (χ1n) is 6.54. The van der Waals surface area contributed by atoms with Crippen molar-refractivity contribution in [2.75, 3.05) is 5.32 Å².